The smallest absolute Gasteiger partial charge is 0.319 e. The molecule has 1 aromatic carbocycles. The van der Waals surface area contributed by atoms with Crippen LogP contribution in [-0.4, -0.2) is 17.0 Å². The topological polar surface area (TPSA) is 66.4 Å². The van der Waals surface area contributed by atoms with E-state index >= 15 is 0 Å². The van der Waals surface area contributed by atoms with Gasteiger partial charge in [-0.25, -0.2) is 0 Å². The molecule has 0 atom stereocenters. The summed E-state index contributed by atoms with van der Waals surface area (Å²) in [5.74, 6) is -1.47. The number of anilines is 1. The second kappa shape index (κ2) is 4.14. The lowest BCUT2D eigenvalue weighted by Crippen LogP contribution is -2.31. The van der Waals surface area contributed by atoms with Gasteiger partial charge in [0.15, 0.2) is 0 Å². The fourth-order valence-electron chi connectivity index (χ4n) is 1.58. The van der Waals surface area contributed by atoms with Crippen molar-refractivity contribution in [3.8, 4) is 0 Å². The van der Waals surface area contributed by atoms with Crippen molar-refractivity contribution in [1.82, 2.24) is 0 Å². The number of nitrogens with one attached hydrogen (secondary N) is 1. The van der Waals surface area contributed by atoms with Crippen molar-refractivity contribution in [2.24, 2.45) is 5.41 Å². The molecular weight excluding hydrogens is 286 g/mol. The van der Waals surface area contributed by atoms with Crippen molar-refractivity contribution < 1.29 is 14.7 Å². The van der Waals surface area contributed by atoms with Gasteiger partial charge in [-0.05, 0) is 37.5 Å². The molecule has 0 unspecified atom stereocenters. The number of aryl methyl sites for hydroxylation is 1. The van der Waals surface area contributed by atoms with Crippen LogP contribution >= 0.6 is 15.9 Å². The molecule has 2 rings (SSSR count). The second-order valence-corrected chi connectivity index (χ2v) is 5.16. The number of carboxylic acid groups (broad SMARTS) is 1. The van der Waals surface area contributed by atoms with Gasteiger partial charge in [0.1, 0.15) is 5.41 Å². The van der Waals surface area contributed by atoms with Crippen LogP contribution in [0.5, 0.6) is 0 Å². The van der Waals surface area contributed by atoms with E-state index in [1.165, 1.54) is 0 Å². The molecule has 1 aromatic rings. The van der Waals surface area contributed by atoms with Gasteiger partial charge in [0.05, 0.1) is 0 Å². The van der Waals surface area contributed by atoms with Crippen molar-refractivity contribution in [2.45, 2.75) is 19.8 Å². The van der Waals surface area contributed by atoms with E-state index in [1.807, 2.05) is 13.0 Å². The van der Waals surface area contributed by atoms with Crippen LogP contribution in [0.15, 0.2) is 22.7 Å². The molecule has 0 bridgehead atoms. The van der Waals surface area contributed by atoms with Crippen LogP contribution in [-0.2, 0) is 9.59 Å². The van der Waals surface area contributed by atoms with Gasteiger partial charge in [0.25, 0.3) is 0 Å². The molecule has 0 saturated heterocycles. The van der Waals surface area contributed by atoms with Crippen molar-refractivity contribution in [2.75, 3.05) is 5.32 Å². The van der Waals surface area contributed by atoms with Gasteiger partial charge in [-0.2, -0.15) is 0 Å². The fourth-order valence-corrected chi connectivity index (χ4v) is 1.96. The van der Waals surface area contributed by atoms with Crippen LogP contribution in [0.25, 0.3) is 0 Å². The van der Waals surface area contributed by atoms with Gasteiger partial charge < -0.3 is 10.4 Å². The number of benzene rings is 1. The number of hydrogen-bond acceptors (Lipinski definition) is 2. The van der Waals surface area contributed by atoms with Crippen LogP contribution in [0.4, 0.5) is 5.69 Å². The predicted molar refractivity (Wildman–Crippen MR) is 66.8 cm³/mol. The van der Waals surface area contributed by atoms with E-state index in [-0.39, 0.29) is 0 Å². The van der Waals surface area contributed by atoms with E-state index < -0.39 is 17.3 Å². The number of hydrogen-bond donors (Lipinski definition) is 2. The van der Waals surface area contributed by atoms with E-state index in [9.17, 15) is 9.59 Å². The lowest BCUT2D eigenvalue weighted by molar-refractivity contribution is -0.147. The predicted octanol–water partition coefficient (Wildman–Crippen LogP) is 2.56. The molecule has 0 heterocycles. The minimum atomic E-state index is -1.20. The van der Waals surface area contributed by atoms with Gasteiger partial charge in [-0.3, -0.25) is 9.59 Å². The Balaban J connectivity index is 2.14. The van der Waals surface area contributed by atoms with Gasteiger partial charge in [0, 0.05) is 10.2 Å². The Kier molecular flexibility index (Phi) is 2.95. The molecule has 1 amide bonds. The number of carbonyl (C=O) groups is 2. The molecule has 90 valence electrons. The SMILES string of the molecule is Cc1ccc(NC(=O)C2(C(=O)O)CC2)cc1Br. The zero-order chi connectivity index (χ0) is 12.6. The van der Waals surface area contributed by atoms with E-state index in [4.69, 9.17) is 5.11 Å². The lowest BCUT2D eigenvalue weighted by Gasteiger charge is -2.11. The molecule has 0 spiro atoms. The summed E-state index contributed by atoms with van der Waals surface area (Å²) in [6, 6.07) is 5.39. The fraction of sp³-hybridized carbons (Fsp3) is 0.333. The van der Waals surface area contributed by atoms with Crippen molar-refractivity contribution in [3.63, 3.8) is 0 Å². The first kappa shape index (κ1) is 12.1. The van der Waals surface area contributed by atoms with Gasteiger partial charge >= 0.3 is 5.97 Å². The summed E-state index contributed by atoms with van der Waals surface area (Å²) >= 11 is 3.36. The molecule has 1 saturated carbocycles. The van der Waals surface area contributed by atoms with Crippen LogP contribution < -0.4 is 5.32 Å². The summed E-state index contributed by atoms with van der Waals surface area (Å²) in [5.41, 5.74) is 0.472. The Bertz CT molecular complexity index is 495. The third-order valence-electron chi connectivity index (χ3n) is 3.02. The van der Waals surface area contributed by atoms with E-state index in [0.717, 1.165) is 10.0 Å². The van der Waals surface area contributed by atoms with Crippen molar-refractivity contribution >= 4 is 33.5 Å². The molecular formula is C12H12BrNO3. The maximum absolute atomic E-state index is 11.8. The van der Waals surface area contributed by atoms with Gasteiger partial charge in [-0.15, -0.1) is 0 Å². The molecule has 0 aromatic heterocycles. The van der Waals surface area contributed by atoms with Gasteiger partial charge in [0.2, 0.25) is 5.91 Å². The Labute approximate surface area is 107 Å². The summed E-state index contributed by atoms with van der Waals surface area (Å²) in [6.45, 7) is 1.94. The van der Waals surface area contributed by atoms with Crippen molar-refractivity contribution in [1.29, 1.82) is 0 Å². The highest BCUT2D eigenvalue weighted by atomic mass is 79.9. The highest BCUT2D eigenvalue weighted by Crippen LogP contribution is 2.46. The lowest BCUT2D eigenvalue weighted by atomic mass is 10.1. The number of aliphatic carboxylic acids is 1. The highest BCUT2D eigenvalue weighted by Gasteiger charge is 2.57. The average molecular weight is 298 g/mol. The van der Waals surface area contributed by atoms with Crippen molar-refractivity contribution in [3.05, 3.63) is 28.2 Å². The summed E-state index contributed by atoms with van der Waals surface area (Å²) < 4.78 is 0.885. The number of carbonyl (C=O) groups excluding carboxylic acids is 1. The molecule has 0 radical (unpaired) electrons. The normalized spacial score (nSPS) is 16.4. The zero-order valence-corrected chi connectivity index (χ0v) is 10.9. The third kappa shape index (κ3) is 2.20. The highest BCUT2D eigenvalue weighted by molar-refractivity contribution is 9.10. The quantitative estimate of drug-likeness (QED) is 0.843. The number of halogens is 1. The monoisotopic (exact) mass is 297 g/mol. The Morgan fingerprint density at radius 2 is 2.06 bits per heavy atom. The molecule has 1 aliphatic rings. The van der Waals surface area contributed by atoms with E-state index in [1.54, 1.807) is 12.1 Å². The molecule has 17 heavy (non-hydrogen) atoms. The number of amides is 1. The maximum Gasteiger partial charge on any atom is 0.319 e. The molecule has 5 heteroatoms. The second-order valence-electron chi connectivity index (χ2n) is 4.31. The first-order valence-electron chi connectivity index (χ1n) is 5.27. The van der Waals surface area contributed by atoms with Crippen LogP contribution in [0, 0.1) is 12.3 Å². The molecule has 1 aliphatic carbocycles. The van der Waals surface area contributed by atoms with Gasteiger partial charge in [-0.1, -0.05) is 22.0 Å². The number of rotatable bonds is 3. The molecule has 0 aliphatic heterocycles. The first-order valence-corrected chi connectivity index (χ1v) is 6.06. The van der Waals surface area contributed by atoms with Crippen LogP contribution in [0.2, 0.25) is 0 Å². The van der Waals surface area contributed by atoms with E-state index in [0.29, 0.717) is 18.5 Å². The Morgan fingerprint density at radius 3 is 2.53 bits per heavy atom. The summed E-state index contributed by atoms with van der Waals surface area (Å²) in [5, 5.41) is 11.6. The maximum atomic E-state index is 11.8. The Morgan fingerprint density at radius 1 is 1.41 bits per heavy atom. The minimum Gasteiger partial charge on any atom is -0.480 e. The summed E-state index contributed by atoms with van der Waals surface area (Å²) in [4.78, 5) is 22.8. The van der Waals surface area contributed by atoms with Crippen LogP contribution in [0.3, 0.4) is 0 Å². The first-order chi connectivity index (χ1) is 7.95. The molecule has 2 N–H and O–H groups in total. The zero-order valence-electron chi connectivity index (χ0n) is 9.29. The van der Waals surface area contributed by atoms with E-state index in [2.05, 4.69) is 21.2 Å². The summed E-state index contributed by atoms with van der Waals surface area (Å²) in [7, 11) is 0. The largest absolute Gasteiger partial charge is 0.480 e. The molecule has 1 fully saturated rings. The minimum absolute atomic E-state index is 0.418. The standard InChI is InChI=1S/C12H12BrNO3/c1-7-2-3-8(6-9(7)13)14-10(15)12(4-5-12)11(16)17/h2-3,6H,4-5H2,1H3,(H,14,15)(H,16,17). The third-order valence-corrected chi connectivity index (χ3v) is 3.88. The number of carboxylic acids is 1. The average Bonchev–Trinajstić information content (AvgIpc) is 3.04. The summed E-state index contributed by atoms with van der Waals surface area (Å²) in [6.07, 6.45) is 0.836. The molecule has 4 nitrogen and oxygen atoms in total. The Hall–Kier alpha value is -1.36. The van der Waals surface area contributed by atoms with Crippen LogP contribution in [0.1, 0.15) is 18.4 Å².